The Morgan fingerprint density at radius 2 is 1.44 bits per heavy atom. The van der Waals surface area contributed by atoms with Crippen molar-refractivity contribution in [3.05, 3.63) is 119 Å². The molecule has 0 radical (unpaired) electrons. The van der Waals surface area contributed by atoms with Gasteiger partial charge in [0.05, 0.1) is 9.79 Å². The molecule has 4 rings (SSSR count). The third-order valence-electron chi connectivity index (χ3n) is 6.69. The van der Waals surface area contributed by atoms with Crippen LogP contribution in [0.3, 0.4) is 0 Å². The van der Waals surface area contributed by atoms with Crippen LogP contribution in [-0.2, 0) is 26.8 Å². The van der Waals surface area contributed by atoms with E-state index in [4.69, 9.17) is 0 Å². The summed E-state index contributed by atoms with van der Waals surface area (Å²) in [5.41, 5.74) is 6.69. The van der Waals surface area contributed by atoms with Gasteiger partial charge in [0.25, 0.3) is 20.2 Å². The lowest BCUT2D eigenvalue weighted by atomic mass is 9.89. The number of benzene rings is 3. The Hall–Kier alpha value is -3.50. The van der Waals surface area contributed by atoms with Gasteiger partial charge in [-0.05, 0) is 84.0 Å². The van der Waals surface area contributed by atoms with Crippen molar-refractivity contribution in [2.24, 2.45) is 0 Å². The summed E-state index contributed by atoms with van der Waals surface area (Å²) < 4.78 is 65.1. The molecule has 0 atom stereocenters. The number of nitrogens with zero attached hydrogens (tertiary/aromatic N) is 1. The second-order valence-corrected chi connectivity index (χ2v) is 12.1. The summed E-state index contributed by atoms with van der Waals surface area (Å²) in [7, 11) is -8.58. The number of allylic oxidation sites excluding steroid dienone is 5. The molecule has 0 amide bonds. The smallest absolute Gasteiger partial charge is 0.294 e. The lowest BCUT2D eigenvalue weighted by molar-refractivity contribution is 0.481. The summed E-state index contributed by atoms with van der Waals surface area (Å²) >= 11 is 0. The molecule has 0 heterocycles. The minimum atomic E-state index is -4.30. The minimum absolute atomic E-state index is 0.136. The maximum Gasteiger partial charge on any atom is 0.294 e. The first-order valence-corrected chi connectivity index (χ1v) is 15.5. The van der Waals surface area contributed by atoms with Crippen molar-refractivity contribution >= 4 is 31.5 Å². The molecule has 0 fully saturated rings. The van der Waals surface area contributed by atoms with Crippen molar-refractivity contribution in [3.8, 4) is 0 Å². The highest BCUT2D eigenvalue weighted by atomic mass is 32.2. The third kappa shape index (κ3) is 6.93. The lowest BCUT2D eigenvalue weighted by Gasteiger charge is -2.24. The van der Waals surface area contributed by atoms with Crippen molar-refractivity contribution in [3.63, 3.8) is 0 Å². The topological polar surface area (TPSA) is 112 Å². The van der Waals surface area contributed by atoms with E-state index in [1.165, 1.54) is 29.8 Å². The summed E-state index contributed by atoms with van der Waals surface area (Å²) in [6.45, 7) is 5.25. The number of anilines is 1. The molecule has 9 heteroatoms. The molecule has 3 aromatic rings. The molecule has 0 unspecified atom stereocenters. The van der Waals surface area contributed by atoms with Crippen LogP contribution in [0, 0.1) is 0 Å². The Morgan fingerprint density at radius 1 is 0.821 bits per heavy atom. The van der Waals surface area contributed by atoms with Crippen molar-refractivity contribution in [1.29, 1.82) is 0 Å². The highest BCUT2D eigenvalue weighted by Crippen LogP contribution is 2.33. The molecule has 39 heavy (non-hydrogen) atoms. The van der Waals surface area contributed by atoms with Gasteiger partial charge in [-0.3, -0.25) is 9.11 Å². The van der Waals surface area contributed by atoms with Gasteiger partial charge >= 0.3 is 0 Å². The van der Waals surface area contributed by atoms with Gasteiger partial charge in [-0.25, -0.2) is 0 Å². The zero-order valence-corrected chi connectivity index (χ0v) is 23.4. The summed E-state index contributed by atoms with van der Waals surface area (Å²) in [6.07, 6.45) is 8.17. The summed E-state index contributed by atoms with van der Waals surface area (Å²) in [5, 5.41) is 0. The molecule has 7 nitrogen and oxygen atoms in total. The van der Waals surface area contributed by atoms with Crippen molar-refractivity contribution < 1.29 is 25.9 Å². The van der Waals surface area contributed by atoms with Gasteiger partial charge in [0.1, 0.15) is 0 Å². The van der Waals surface area contributed by atoms with Gasteiger partial charge in [0.15, 0.2) is 0 Å². The molecule has 0 saturated heterocycles. The Balaban J connectivity index is 1.71. The zero-order chi connectivity index (χ0) is 28.2. The lowest BCUT2D eigenvalue weighted by Crippen LogP contribution is -2.22. The van der Waals surface area contributed by atoms with E-state index in [0.29, 0.717) is 13.1 Å². The van der Waals surface area contributed by atoms with E-state index >= 15 is 0 Å². The van der Waals surface area contributed by atoms with Crippen LogP contribution in [0.4, 0.5) is 5.69 Å². The van der Waals surface area contributed by atoms with Crippen LogP contribution < -0.4 is 4.90 Å². The molecule has 1 aliphatic carbocycles. The number of rotatable bonds is 9. The Labute approximate surface area is 230 Å². The fourth-order valence-electron chi connectivity index (χ4n) is 4.61. The standard InChI is InChI=1S/C30H31NO6S2/c1-3-22-7-5-9-26(19-22)30(25-13-17-28(18-14-25)38(32,33)34)24-11-15-27(16-12-24)31(4-2)21-23-8-6-10-29(20-23)39(35,36)37/h5-6,8-20H,3-4,7,21H2,1-2H3,(H,32,33,34)(H,35,36,37). The van der Waals surface area contributed by atoms with E-state index in [9.17, 15) is 25.9 Å². The second kappa shape index (κ2) is 11.7. The van der Waals surface area contributed by atoms with E-state index in [1.54, 1.807) is 18.2 Å². The first-order chi connectivity index (χ1) is 18.5. The maximum atomic E-state index is 11.6. The number of hydrogen-bond donors (Lipinski definition) is 2. The van der Waals surface area contributed by atoms with Gasteiger partial charge in [-0.2, -0.15) is 16.8 Å². The molecule has 0 aromatic heterocycles. The summed E-state index contributed by atoms with van der Waals surface area (Å²) in [4.78, 5) is 1.80. The van der Waals surface area contributed by atoms with Crippen LogP contribution in [0.2, 0.25) is 0 Å². The SMILES string of the molecule is CCC1=CC(=C(c2ccc(N(CC)Cc3cccc(S(=O)(=O)O)c3)cc2)c2ccc(S(=O)(=O)O)cc2)C=CC1. The average molecular weight is 566 g/mol. The Bertz CT molecular complexity index is 1650. The monoisotopic (exact) mass is 565 g/mol. The van der Waals surface area contributed by atoms with E-state index in [2.05, 4.69) is 30.1 Å². The van der Waals surface area contributed by atoms with Crippen LogP contribution in [0.5, 0.6) is 0 Å². The van der Waals surface area contributed by atoms with Gasteiger partial charge < -0.3 is 4.90 Å². The quantitative estimate of drug-likeness (QED) is 0.293. The third-order valence-corrected chi connectivity index (χ3v) is 8.41. The predicted molar refractivity (Wildman–Crippen MR) is 154 cm³/mol. The zero-order valence-electron chi connectivity index (χ0n) is 21.8. The molecular weight excluding hydrogens is 534 g/mol. The normalized spacial score (nSPS) is 15.1. The van der Waals surface area contributed by atoms with E-state index in [-0.39, 0.29) is 9.79 Å². The number of hydrogen-bond acceptors (Lipinski definition) is 5. The molecule has 0 aliphatic heterocycles. The molecule has 204 valence electrons. The van der Waals surface area contributed by atoms with Crippen LogP contribution in [0.15, 0.2) is 112 Å². The van der Waals surface area contributed by atoms with Crippen molar-refractivity contribution in [2.75, 3.05) is 11.4 Å². The predicted octanol–water partition coefficient (Wildman–Crippen LogP) is 6.30. The largest absolute Gasteiger partial charge is 0.367 e. The molecule has 0 saturated carbocycles. The van der Waals surface area contributed by atoms with Gasteiger partial charge in [-0.1, -0.05) is 67.1 Å². The second-order valence-electron chi connectivity index (χ2n) is 9.28. The first-order valence-electron chi connectivity index (χ1n) is 12.6. The van der Waals surface area contributed by atoms with Crippen LogP contribution in [0.1, 0.15) is 43.4 Å². The van der Waals surface area contributed by atoms with Gasteiger partial charge in [0.2, 0.25) is 0 Å². The molecule has 1 aliphatic rings. The van der Waals surface area contributed by atoms with Gasteiger partial charge in [-0.15, -0.1) is 0 Å². The van der Waals surface area contributed by atoms with Crippen LogP contribution in [-0.4, -0.2) is 32.5 Å². The molecule has 0 bridgehead atoms. The van der Waals surface area contributed by atoms with Crippen molar-refractivity contribution in [2.45, 2.75) is 43.0 Å². The average Bonchev–Trinajstić information content (AvgIpc) is 2.92. The fourth-order valence-corrected chi connectivity index (χ4v) is 5.64. The van der Waals surface area contributed by atoms with Crippen LogP contribution in [0.25, 0.3) is 5.57 Å². The molecular formula is C30H31NO6S2. The van der Waals surface area contributed by atoms with Crippen molar-refractivity contribution in [1.82, 2.24) is 0 Å². The maximum absolute atomic E-state index is 11.6. The van der Waals surface area contributed by atoms with E-state index in [0.717, 1.165) is 46.4 Å². The van der Waals surface area contributed by atoms with E-state index in [1.807, 2.05) is 37.3 Å². The Morgan fingerprint density at radius 3 is 2.00 bits per heavy atom. The first kappa shape index (κ1) is 28.5. The highest BCUT2D eigenvalue weighted by Gasteiger charge is 2.16. The van der Waals surface area contributed by atoms with Crippen LogP contribution >= 0.6 is 0 Å². The van der Waals surface area contributed by atoms with Gasteiger partial charge in [0, 0.05) is 18.8 Å². The molecule has 0 spiro atoms. The fraction of sp³-hybridized carbons (Fsp3) is 0.200. The Kier molecular flexibility index (Phi) is 8.56. The summed E-state index contributed by atoms with van der Waals surface area (Å²) in [6, 6.07) is 20.5. The van der Waals surface area contributed by atoms with E-state index < -0.39 is 20.2 Å². The molecule has 2 N–H and O–H groups in total. The minimum Gasteiger partial charge on any atom is -0.367 e. The summed E-state index contributed by atoms with van der Waals surface area (Å²) in [5.74, 6) is 0. The highest BCUT2D eigenvalue weighted by molar-refractivity contribution is 7.86. The molecule has 3 aromatic carbocycles.